The average Bonchev–Trinajstić information content (AvgIpc) is 3.55. The molecule has 0 spiro atoms. The van der Waals surface area contributed by atoms with Crippen LogP contribution in [0.15, 0.2) is 47.5 Å². The molecule has 2 amide bonds. The molecule has 1 N–H and O–H groups in total. The summed E-state index contributed by atoms with van der Waals surface area (Å²) in [4.78, 5) is 29.3. The third kappa shape index (κ3) is 5.47. The molecule has 0 saturated carbocycles. The van der Waals surface area contributed by atoms with Crippen molar-refractivity contribution in [1.29, 1.82) is 0 Å². The minimum Gasteiger partial charge on any atom is -0.395 e. The van der Waals surface area contributed by atoms with E-state index in [4.69, 9.17) is 11.6 Å². The van der Waals surface area contributed by atoms with Gasteiger partial charge in [-0.1, -0.05) is 23.7 Å². The van der Waals surface area contributed by atoms with E-state index >= 15 is 0 Å². The van der Waals surface area contributed by atoms with Crippen LogP contribution in [0, 0.1) is 0 Å². The largest absolute Gasteiger partial charge is 0.416 e. The predicted octanol–water partition coefficient (Wildman–Crippen LogP) is 5.25. The predicted molar refractivity (Wildman–Crippen MR) is 140 cm³/mol. The Labute approximate surface area is 225 Å². The topological polar surface area (TPSA) is 78.7 Å². The lowest BCUT2D eigenvalue weighted by Gasteiger charge is -2.26. The summed E-state index contributed by atoms with van der Waals surface area (Å²) >= 11 is 6.67. The molecule has 2 fully saturated rings. The highest BCUT2D eigenvalue weighted by molar-refractivity contribution is 8.18. The molecule has 200 valence electrons. The molecular formula is C26H24ClF3N4O3S. The molecule has 0 radical (unpaired) electrons. The summed E-state index contributed by atoms with van der Waals surface area (Å²) in [6, 6.07) is 8.95. The van der Waals surface area contributed by atoms with Crippen molar-refractivity contribution in [2.45, 2.75) is 31.6 Å². The van der Waals surface area contributed by atoms with Crippen molar-refractivity contribution in [1.82, 2.24) is 19.6 Å². The fourth-order valence-electron chi connectivity index (χ4n) is 4.98. The second-order valence-electron chi connectivity index (χ2n) is 9.27. The number of alkyl halides is 3. The van der Waals surface area contributed by atoms with Crippen LogP contribution < -0.4 is 0 Å². The first kappa shape index (κ1) is 26.7. The van der Waals surface area contributed by atoms with E-state index in [0.717, 1.165) is 37.2 Å². The SMILES string of the molecule is O=C1SC(=Cc2ccc3c(cnn3Cc3ccc(Cl)cc3C(F)(F)F)c2)C(=O)N1CC1CCCN1CCO. The number of benzene rings is 2. The van der Waals surface area contributed by atoms with Crippen LogP contribution in [0.1, 0.15) is 29.5 Å². The lowest BCUT2D eigenvalue weighted by atomic mass is 10.1. The highest BCUT2D eigenvalue weighted by Crippen LogP contribution is 2.36. The zero-order valence-corrected chi connectivity index (χ0v) is 21.7. The molecule has 2 aliphatic rings. The van der Waals surface area contributed by atoms with Crippen LogP contribution in [0.2, 0.25) is 5.02 Å². The smallest absolute Gasteiger partial charge is 0.395 e. The van der Waals surface area contributed by atoms with Gasteiger partial charge in [-0.3, -0.25) is 24.1 Å². The number of rotatable bonds is 7. The fraction of sp³-hybridized carbons (Fsp3) is 0.346. The van der Waals surface area contributed by atoms with Gasteiger partial charge in [-0.15, -0.1) is 0 Å². The number of nitrogens with zero attached hydrogens (tertiary/aromatic N) is 4. The minimum absolute atomic E-state index is 0.00572. The molecule has 2 aliphatic heterocycles. The molecule has 0 bridgehead atoms. The van der Waals surface area contributed by atoms with Crippen molar-refractivity contribution in [2.24, 2.45) is 0 Å². The van der Waals surface area contributed by atoms with Crippen LogP contribution >= 0.6 is 23.4 Å². The van der Waals surface area contributed by atoms with Crippen molar-refractivity contribution in [3.8, 4) is 0 Å². The molecule has 1 unspecified atom stereocenters. The number of amides is 2. The average molecular weight is 565 g/mol. The van der Waals surface area contributed by atoms with Gasteiger partial charge in [-0.2, -0.15) is 18.3 Å². The normalized spacial score (nSPS) is 20.0. The zero-order valence-electron chi connectivity index (χ0n) is 20.1. The van der Waals surface area contributed by atoms with Gasteiger partial charge in [0.25, 0.3) is 11.1 Å². The van der Waals surface area contributed by atoms with E-state index in [1.54, 1.807) is 30.5 Å². The lowest BCUT2D eigenvalue weighted by molar-refractivity contribution is -0.138. The number of likely N-dealkylation sites (tertiary alicyclic amines) is 1. The summed E-state index contributed by atoms with van der Waals surface area (Å²) in [5.74, 6) is -0.353. The molecular weight excluding hydrogens is 541 g/mol. The second kappa shape index (κ2) is 10.7. The molecule has 2 saturated heterocycles. The summed E-state index contributed by atoms with van der Waals surface area (Å²) in [6.45, 7) is 1.57. The monoisotopic (exact) mass is 564 g/mol. The number of carbonyl (C=O) groups is 2. The number of halogens is 4. The van der Waals surface area contributed by atoms with Crippen molar-refractivity contribution in [3.05, 3.63) is 69.2 Å². The van der Waals surface area contributed by atoms with E-state index < -0.39 is 11.7 Å². The lowest BCUT2D eigenvalue weighted by Crippen LogP contribution is -2.43. The molecule has 1 atom stereocenters. The molecule has 3 aromatic rings. The number of hydrogen-bond acceptors (Lipinski definition) is 6. The highest BCUT2D eigenvalue weighted by Gasteiger charge is 2.38. The second-order valence-corrected chi connectivity index (χ2v) is 10.7. The Morgan fingerprint density at radius 2 is 2.00 bits per heavy atom. The van der Waals surface area contributed by atoms with E-state index in [1.807, 2.05) is 0 Å². The maximum Gasteiger partial charge on any atom is 0.416 e. The third-order valence-corrected chi connectivity index (χ3v) is 7.96. The van der Waals surface area contributed by atoms with E-state index in [2.05, 4.69) is 10.00 Å². The Balaban J connectivity index is 1.34. The van der Waals surface area contributed by atoms with Crippen LogP contribution in [-0.2, 0) is 17.5 Å². The van der Waals surface area contributed by atoms with E-state index in [0.29, 0.717) is 34.5 Å². The maximum atomic E-state index is 13.5. The van der Waals surface area contributed by atoms with E-state index in [-0.39, 0.29) is 40.9 Å². The first-order valence-electron chi connectivity index (χ1n) is 12.1. The van der Waals surface area contributed by atoms with E-state index in [9.17, 15) is 27.9 Å². The molecule has 38 heavy (non-hydrogen) atoms. The number of hydrogen-bond donors (Lipinski definition) is 1. The first-order valence-corrected chi connectivity index (χ1v) is 13.2. The number of β-amino-alcohol motifs (C(OH)–C–C–N with tert-alkyl or cyclic N) is 1. The van der Waals surface area contributed by atoms with E-state index in [1.165, 1.54) is 21.7 Å². The Morgan fingerprint density at radius 1 is 1.18 bits per heavy atom. The zero-order chi connectivity index (χ0) is 27.0. The van der Waals surface area contributed by atoms with Crippen LogP contribution in [0.4, 0.5) is 18.0 Å². The van der Waals surface area contributed by atoms with Crippen molar-refractivity contribution < 1.29 is 27.9 Å². The van der Waals surface area contributed by atoms with Gasteiger partial charge in [-0.25, -0.2) is 0 Å². The summed E-state index contributed by atoms with van der Waals surface area (Å²) in [5, 5.41) is 13.9. The quantitative estimate of drug-likeness (QED) is 0.395. The number of imide groups is 1. The van der Waals surface area contributed by atoms with Crippen molar-refractivity contribution in [2.75, 3.05) is 26.2 Å². The molecule has 5 rings (SSSR count). The summed E-state index contributed by atoms with van der Waals surface area (Å²) in [7, 11) is 0. The Hall–Kier alpha value is -2.86. The van der Waals surface area contributed by atoms with Gasteiger partial charge >= 0.3 is 6.18 Å². The standard InChI is InChI=1S/C26H24ClF3N4O3S/c27-19-5-4-17(21(12-19)26(28,29)30)14-34-22-6-3-16(10-18(22)13-31-34)11-23-24(36)33(25(37)38-23)15-20-2-1-7-32(20)8-9-35/h3-6,10-13,20,35H,1-2,7-9,14-15H2. The van der Waals surface area contributed by atoms with Crippen LogP contribution in [0.3, 0.4) is 0 Å². The minimum atomic E-state index is -4.55. The summed E-state index contributed by atoms with van der Waals surface area (Å²) in [5.41, 5.74) is 0.541. The number of carbonyl (C=O) groups excluding carboxylic acids is 2. The van der Waals surface area contributed by atoms with Gasteiger partial charge in [0.2, 0.25) is 0 Å². The van der Waals surface area contributed by atoms with Gasteiger partial charge in [0.05, 0.1) is 35.3 Å². The number of aliphatic hydroxyl groups excluding tert-OH is 1. The van der Waals surface area contributed by atoms with Gasteiger partial charge in [0.15, 0.2) is 0 Å². The van der Waals surface area contributed by atoms with Gasteiger partial charge < -0.3 is 5.11 Å². The van der Waals surface area contributed by atoms with Crippen LogP contribution in [-0.4, -0.2) is 68.1 Å². The maximum absolute atomic E-state index is 13.5. The van der Waals surface area contributed by atoms with Crippen LogP contribution in [0.5, 0.6) is 0 Å². The number of aliphatic hydroxyl groups is 1. The Morgan fingerprint density at radius 3 is 2.76 bits per heavy atom. The molecule has 7 nitrogen and oxygen atoms in total. The summed E-state index contributed by atoms with van der Waals surface area (Å²) < 4.78 is 42.0. The third-order valence-electron chi connectivity index (χ3n) is 6.81. The highest BCUT2D eigenvalue weighted by atomic mass is 35.5. The van der Waals surface area contributed by atoms with Gasteiger partial charge in [0.1, 0.15) is 0 Å². The Bertz CT molecular complexity index is 1420. The first-order chi connectivity index (χ1) is 18.1. The summed E-state index contributed by atoms with van der Waals surface area (Å²) in [6.07, 6.45) is 0.469. The Kier molecular flexibility index (Phi) is 7.54. The molecule has 3 heterocycles. The number of thioether (sulfide) groups is 1. The molecule has 0 aliphatic carbocycles. The molecule has 2 aromatic carbocycles. The number of aromatic nitrogens is 2. The number of fused-ring (bicyclic) bond motifs is 1. The molecule has 12 heteroatoms. The fourth-order valence-corrected chi connectivity index (χ4v) is 6.00. The van der Waals surface area contributed by atoms with Gasteiger partial charge in [-0.05, 0) is 72.6 Å². The van der Waals surface area contributed by atoms with Crippen molar-refractivity contribution >= 4 is 51.5 Å². The van der Waals surface area contributed by atoms with Crippen molar-refractivity contribution in [3.63, 3.8) is 0 Å². The van der Waals surface area contributed by atoms with Crippen LogP contribution in [0.25, 0.3) is 17.0 Å². The van der Waals surface area contributed by atoms with Gasteiger partial charge in [0, 0.05) is 29.5 Å². The molecule has 1 aromatic heterocycles.